The zero-order chi connectivity index (χ0) is 17.9. The molecule has 6 nitrogen and oxygen atoms in total. The van der Waals surface area contributed by atoms with E-state index >= 15 is 0 Å². The van der Waals surface area contributed by atoms with Gasteiger partial charge in [0.05, 0.1) is 5.56 Å². The van der Waals surface area contributed by atoms with Gasteiger partial charge in [0.2, 0.25) is 5.88 Å². The molecule has 0 bridgehead atoms. The van der Waals surface area contributed by atoms with E-state index in [0.717, 1.165) is 37.0 Å². The Hall–Kier alpha value is -3.12. The Balaban J connectivity index is 1.68. The largest absolute Gasteiger partial charge is 0.478 e. The van der Waals surface area contributed by atoms with Crippen LogP contribution in [0.4, 0.5) is 5.69 Å². The van der Waals surface area contributed by atoms with Crippen LogP contribution in [0.3, 0.4) is 0 Å². The number of hydrogen-bond acceptors (Lipinski definition) is 5. The Labute approximate surface area is 151 Å². The summed E-state index contributed by atoms with van der Waals surface area (Å²) >= 11 is 0. The van der Waals surface area contributed by atoms with Crippen LogP contribution in [-0.4, -0.2) is 42.2 Å². The van der Waals surface area contributed by atoms with Crippen molar-refractivity contribution in [3.8, 4) is 11.6 Å². The summed E-state index contributed by atoms with van der Waals surface area (Å²) in [6.07, 6.45) is 1.75. The lowest BCUT2D eigenvalue weighted by Gasteiger charge is -2.30. The molecule has 4 rings (SSSR count). The van der Waals surface area contributed by atoms with E-state index in [4.69, 9.17) is 9.84 Å². The lowest BCUT2D eigenvalue weighted by Crippen LogP contribution is -2.43. The number of pyridine rings is 1. The maximum atomic E-state index is 11.0. The lowest BCUT2D eigenvalue weighted by molar-refractivity contribution is 0.0697. The lowest BCUT2D eigenvalue weighted by atomic mass is 10.1. The molecule has 0 amide bonds. The number of hydrogen-bond donors (Lipinski definition) is 2. The van der Waals surface area contributed by atoms with Gasteiger partial charge >= 0.3 is 5.97 Å². The summed E-state index contributed by atoms with van der Waals surface area (Å²) < 4.78 is 5.93. The van der Waals surface area contributed by atoms with Crippen molar-refractivity contribution in [1.82, 2.24) is 10.3 Å². The van der Waals surface area contributed by atoms with Crippen molar-refractivity contribution in [2.75, 3.05) is 31.1 Å². The fourth-order valence-corrected chi connectivity index (χ4v) is 3.20. The quantitative estimate of drug-likeness (QED) is 0.754. The Morgan fingerprint density at radius 2 is 1.81 bits per heavy atom. The summed E-state index contributed by atoms with van der Waals surface area (Å²) in [6.45, 7) is 3.88. The summed E-state index contributed by atoms with van der Waals surface area (Å²) in [6, 6.07) is 14.5. The average Bonchev–Trinajstić information content (AvgIpc) is 2.69. The summed E-state index contributed by atoms with van der Waals surface area (Å²) in [5, 5.41) is 14.4. The number of fused-ring (bicyclic) bond motifs is 1. The van der Waals surface area contributed by atoms with Crippen LogP contribution >= 0.6 is 0 Å². The molecule has 1 saturated heterocycles. The molecule has 0 atom stereocenters. The Morgan fingerprint density at radius 1 is 1.04 bits per heavy atom. The molecule has 1 aliphatic rings. The van der Waals surface area contributed by atoms with Gasteiger partial charge in [0.15, 0.2) is 0 Å². The summed E-state index contributed by atoms with van der Waals surface area (Å²) in [7, 11) is 0. The second-order valence-electron chi connectivity index (χ2n) is 6.16. The molecule has 3 aromatic rings. The topological polar surface area (TPSA) is 74.7 Å². The van der Waals surface area contributed by atoms with Crippen molar-refractivity contribution in [1.29, 1.82) is 0 Å². The van der Waals surface area contributed by atoms with Gasteiger partial charge in [-0.25, -0.2) is 9.78 Å². The van der Waals surface area contributed by atoms with Crippen molar-refractivity contribution in [2.24, 2.45) is 0 Å². The molecule has 6 heteroatoms. The highest BCUT2D eigenvalue weighted by Crippen LogP contribution is 2.33. The van der Waals surface area contributed by atoms with Crippen LogP contribution in [0.2, 0.25) is 0 Å². The van der Waals surface area contributed by atoms with E-state index < -0.39 is 5.97 Å². The van der Waals surface area contributed by atoms with Crippen molar-refractivity contribution in [3.05, 3.63) is 60.3 Å². The van der Waals surface area contributed by atoms with Gasteiger partial charge in [0.25, 0.3) is 0 Å². The van der Waals surface area contributed by atoms with Crippen molar-refractivity contribution in [3.63, 3.8) is 0 Å². The molecule has 0 saturated carbocycles. The summed E-state index contributed by atoms with van der Waals surface area (Å²) in [5.41, 5.74) is 1.40. The molecule has 2 heterocycles. The first-order chi connectivity index (χ1) is 12.7. The Morgan fingerprint density at radius 3 is 2.54 bits per heavy atom. The average molecular weight is 349 g/mol. The maximum Gasteiger partial charge on any atom is 0.335 e. The van der Waals surface area contributed by atoms with E-state index in [2.05, 4.69) is 21.3 Å². The van der Waals surface area contributed by atoms with Gasteiger partial charge < -0.3 is 20.1 Å². The first kappa shape index (κ1) is 16.4. The van der Waals surface area contributed by atoms with Gasteiger partial charge in [-0.15, -0.1) is 0 Å². The van der Waals surface area contributed by atoms with Crippen LogP contribution in [0, 0.1) is 0 Å². The minimum Gasteiger partial charge on any atom is -0.478 e. The second-order valence-corrected chi connectivity index (χ2v) is 6.16. The number of aromatic nitrogens is 1. The molecule has 0 radical (unpaired) electrons. The molecular weight excluding hydrogens is 330 g/mol. The number of carbonyl (C=O) groups is 1. The van der Waals surface area contributed by atoms with Crippen molar-refractivity contribution < 1.29 is 14.6 Å². The van der Waals surface area contributed by atoms with E-state index in [0.29, 0.717) is 11.6 Å². The molecule has 1 aromatic heterocycles. The van der Waals surface area contributed by atoms with E-state index in [1.807, 2.05) is 18.2 Å². The molecule has 0 unspecified atom stereocenters. The number of rotatable bonds is 4. The van der Waals surface area contributed by atoms with Gasteiger partial charge in [-0.05, 0) is 42.5 Å². The SMILES string of the molecule is O=C(O)c1ccc(Oc2nccc3c(N4CCNCC4)cccc23)cc1. The second kappa shape index (κ2) is 7.01. The normalized spacial score (nSPS) is 14.4. The zero-order valence-electron chi connectivity index (χ0n) is 14.2. The number of nitrogens with zero attached hydrogens (tertiary/aromatic N) is 2. The fourth-order valence-electron chi connectivity index (χ4n) is 3.20. The van der Waals surface area contributed by atoms with E-state index in [9.17, 15) is 4.79 Å². The monoisotopic (exact) mass is 349 g/mol. The number of benzene rings is 2. The molecular formula is C20H19N3O3. The smallest absolute Gasteiger partial charge is 0.335 e. The standard InChI is InChI=1S/C20H19N3O3/c24-20(25)14-4-6-15(7-5-14)26-19-17-2-1-3-18(16(17)8-9-22-19)23-12-10-21-11-13-23/h1-9,21H,10-13H2,(H,24,25). The first-order valence-corrected chi connectivity index (χ1v) is 8.57. The number of anilines is 1. The number of ether oxygens (including phenoxy) is 1. The van der Waals surface area contributed by atoms with Crippen molar-refractivity contribution >= 4 is 22.4 Å². The molecule has 2 aromatic carbocycles. The van der Waals surface area contributed by atoms with Gasteiger partial charge in [0.1, 0.15) is 5.75 Å². The summed E-state index contributed by atoms with van der Waals surface area (Å²) in [5.74, 6) is 0.116. The number of carboxylic acids is 1. The molecule has 1 aliphatic heterocycles. The molecule has 2 N–H and O–H groups in total. The fraction of sp³-hybridized carbons (Fsp3) is 0.200. The van der Waals surface area contributed by atoms with Gasteiger partial charge in [-0.3, -0.25) is 0 Å². The molecule has 132 valence electrons. The highest BCUT2D eigenvalue weighted by Gasteiger charge is 2.15. The zero-order valence-corrected chi connectivity index (χ0v) is 14.2. The van der Waals surface area contributed by atoms with Crippen LogP contribution in [0.5, 0.6) is 11.6 Å². The minimum absolute atomic E-state index is 0.226. The number of nitrogens with one attached hydrogen (secondary N) is 1. The maximum absolute atomic E-state index is 11.0. The molecule has 1 fully saturated rings. The van der Waals surface area contributed by atoms with Crippen LogP contribution in [0.15, 0.2) is 54.7 Å². The van der Waals surface area contributed by atoms with Gasteiger partial charge in [-0.1, -0.05) is 6.07 Å². The van der Waals surface area contributed by atoms with Crippen LogP contribution in [0.25, 0.3) is 10.8 Å². The van der Waals surface area contributed by atoms with Gasteiger partial charge in [-0.2, -0.15) is 0 Å². The molecule has 26 heavy (non-hydrogen) atoms. The number of carboxylic acid groups (broad SMARTS) is 1. The van der Waals surface area contributed by atoms with Gasteiger partial charge in [0, 0.05) is 48.8 Å². The number of aromatic carboxylic acids is 1. The Bertz CT molecular complexity index is 935. The van der Waals surface area contributed by atoms with E-state index in [1.54, 1.807) is 18.3 Å². The van der Waals surface area contributed by atoms with Crippen LogP contribution in [-0.2, 0) is 0 Å². The van der Waals surface area contributed by atoms with E-state index in [1.165, 1.54) is 17.8 Å². The number of piperazine rings is 1. The predicted molar refractivity (Wildman–Crippen MR) is 100 cm³/mol. The van der Waals surface area contributed by atoms with Crippen LogP contribution in [0.1, 0.15) is 10.4 Å². The highest BCUT2D eigenvalue weighted by atomic mass is 16.5. The van der Waals surface area contributed by atoms with Crippen LogP contribution < -0.4 is 15.0 Å². The summed E-state index contributed by atoms with van der Waals surface area (Å²) in [4.78, 5) is 17.7. The first-order valence-electron chi connectivity index (χ1n) is 8.57. The third-order valence-electron chi connectivity index (χ3n) is 4.52. The Kier molecular flexibility index (Phi) is 4.41. The molecule has 0 spiro atoms. The molecule has 0 aliphatic carbocycles. The van der Waals surface area contributed by atoms with Crippen molar-refractivity contribution in [2.45, 2.75) is 0 Å². The van der Waals surface area contributed by atoms with E-state index in [-0.39, 0.29) is 5.56 Å². The minimum atomic E-state index is -0.958. The third-order valence-corrected chi connectivity index (χ3v) is 4.52. The predicted octanol–water partition coefficient (Wildman–Crippen LogP) is 3.13. The highest BCUT2D eigenvalue weighted by molar-refractivity contribution is 5.97. The third kappa shape index (κ3) is 3.19.